The summed E-state index contributed by atoms with van der Waals surface area (Å²) >= 11 is 0. The first-order chi connectivity index (χ1) is 15.1. The molecule has 2 aromatic carbocycles. The number of pyridine rings is 1. The third kappa shape index (κ3) is 4.96. The standard InChI is InChI=1S/C24H23N3O4/c28-22-16-31-15-21(27(22)14-20-8-4-5-13-25-20)23(29)17-9-11-19(12-10-17)26-24(30)18-6-2-1-3-7-18/h1-13,21,23,29H,14-16H2,(H,26,30)/t21-,23-/m1/s1. The van der Waals surface area contributed by atoms with E-state index in [1.807, 2.05) is 24.3 Å². The van der Waals surface area contributed by atoms with Crippen molar-refractivity contribution in [2.24, 2.45) is 0 Å². The molecule has 3 aromatic rings. The number of aliphatic hydroxyl groups excluding tert-OH is 1. The van der Waals surface area contributed by atoms with Crippen molar-refractivity contribution in [3.05, 3.63) is 95.8 Å². The number of hydrogen-bond acceptors (Lipinski definition) is 5. The highest BCUT2D eigenvalue weighted by atomic mass is 16.5. The SMILES string of the molecule is O=C(Nc1ccc([C@@H](O)[C@H]2COCC(=O)N2Cc2ccccn2)cc1)c1ccccc1. The molecule has 0 unspecified atom stereocenters. The average molecular weight is 417 g/mol. The third-order valence-corrected chi connectivity index (χ3v) is 5.20. The minimum Gasteiger partial charge on any atom is -0.386 e. The number of aromatic nitrogens is 1. The van der Waals surface area contributed by atoms with Gasteiger partial charge in [0, 0.05) is 17.4 Å². The van der Waals surface area contributed by atoms with Gasteiger partial charge in [0.05, 0.1) is 24.9 Å². The Morgan fingerprint density at radius 3 is 2.55 bits per heavy atom. The number of rotatable bonds is 6. The summed E-state index contributed by atoms with van der Waals surface area (Å²) in [5, 5.41) is 13.8. The molecule has 158 valence electrons. The number of nitrogens with zero attached hydrogens (tertiary/aromatic N) is 2. The Labute approximate surface area is 180 Å². The van der Waals surface area contributed by atoms with E-state index in [1.54, 1.807) is 59.6 Å². The second-order valence-electron chi connectivity index (χ2n) is 7.31. The van der Waals surface area contributed by atoms with Gasteiger partial charge in [-0.3, -0.25) is 14.6 Å². The molecule has 1 saturated heterocycles. The van der Waals surface area contributed by atoms with Crippen LogP contribution in [0.3, 0.4) is 0 Å². The summed E-state index contributed by atoms with van der Waals surface area (Å²) in [6, 6.07) is 20.9. The van der Waals surface area contributed by atoms with Gasteiger partial charge in [0.25, 0.3) is 5.91 Å². The van der Waals surface area contributed by atoms with Crippen molar-refractivity contribution in [1.29, 1.82) is 0 Å². The quantitative estimate of drug-likeness (QED) is 0.644. The average Bonchev–Trinajstić information content (AvgIpc) is 2.82. The van der Waals surface area contributed by atoms with E-state index < -0.39 is 12.1 Å². The Hall–Kier alpha value is -3.55. The highest BCUT2D eigenvalue weighted by Gasteiger charge is 2.34. The Morgan fingerprint density at radius 2 is 1.84 bits per heavy atom. The summed E-state index contributed by atoms with van der Waals surface area (Å²) in [6.45, 7) is 0.517. The van der Waals surface area contributed by atoms with E-state index in [4.69, 9.17) is 4.74 Å². The topological polar surface area (TPSA) is 91.8 Å². The normalized spacial score (nSPS) is 17.3. The van der Waals surface area contributed by atoms with E-state index >= 15 is 0 Å². The molecule has 2 amide bonds. The van der Waals surface area contributed by atoms with Gasteiger partial charge in [-0.25, -0.2) is 0 Å². The number of aliphatic hydroxyl groups is 1. The Kier molecular flexibility index (Phi) is 6.35. The van der Waals surface area contributed by atoms with Crippen LogP contribution in [-0.2, 0) is 16.1 Å². The van der Waals surface area contributed by atoms with Crippen molar-refractivity contribution in [2.75, 3.05) is 18.5 Å². The largest absolute Gasteiger partial charge is 0.386 e. The Bertz CT molecular complexity index is 1030. The molecule has 4 rings (SSSR count). The van der Waals surface area contributed by atoms with Crippen molar-refractivity contribution in [1.82, 2.24) is 9.88 Å². The van der Waals surface area contributed by atoms with Crippen molar-refractivity contribution in [3.63, 3.8) is 0 Å². The molecule has 7 nitrogen and oxygen atoms in total. The lowest BCUT2D eigenvalue weighted by molar-refractivity contribution is -0.155. The Morgan fingerprint density at radius 1 is 1.10 bits per heavy atom. The highest BCUT2D eigenvalue weighted by Crippen LogP contribution is 2.26. The molecule has 0 spiro atoms. The molecule has 0 bridgehead atoms. The van der Waals surface area contributed by atoms with Gasteiger partial charge in [-0.1, -0.05) is 36.4 Å². The number of morpholine rings is 1. The predicted octanol–water partition coefficient (Wildman–Crippen LogP) is 2.79. The predicted molar refractivity (Wildman–Crippen MR) is 115 cm³/mol. The van der Waals surface area contributed by atoms with Gasteiger partial charge in [-0.2, -0.15) is 0 Å². The molecule has 2 N–H and O–H groups in total. The number of nitrogens with one attached hydrogen (secondary N) is 1. The number of ether oxygens (including phenoxy) is 1. The van der Waals surface area contributed by atoms with E-state index in [9.17, 15) is 14.7 Å². The van der Waals surface area contributed by atoms with Crippen LogP contribution in [0, 0.1) is 0 Å². The lowest BCUT2D eigenvalue weighted by atomic mass is 9.99. The molecule has 1 aromatic heterocycles. The summed E-state index contributed by atoms with van der Waals surface area (Å²) in [7, 11) is 0. The minimum atomic E-state index is -0.938. The zero-order chi connectivity index (χ0) is 21.6. The van der Waals surface area contributed by atoms with Gasteiger partial charge < -0.3 is 20.1 Å². The summed E-state index contributed by atoms with van der Waals surface area (Å²) in [5.74, 6) is -0.394. The van der Waals surface area contributed by atoms with Crippen LogP contribution in [-0.4, -0.2) is 46.1 Å². The monoisotopic (exact) mass is 417 g/mol. The molecule has 1 fully saturated rings. The van der Waals surface area contributed by atoms with Crippen molar-refractivity contribution in [3.8, 4) is 0 Å². The summed E-state index contributed by atoms with van der Waals surface area (Å²) in [5.41, 5.74) is 2.56. The number of amides is 2. The molecule has 1 aliphatic rings. The maximum atomic E-state index is 12.5. The van der Waals surface area contributed by atoms with Crippen LogP contribution in [0.5, 0.6) is 0 Å². The van der Waals surface area contributed by atoms with Crippen LogP contribution in [0.1, 0.15) is 27.7 Å². The zero-order valence-electron chi connectivity index (χ0n) is 16.8. The van der Waals surface area contributed by atoms with Gasteiger partial charge in [-0.05, 0) is 42.0 Å². The lowest BCUT2D eigenvalue weighted by Crippen LogP contribution is -2.51. The first-order valence-corrected chi connectivity index (χ1v) is 10.0. The van der Waals surface area contributed by atoms with Gasteiger partial charge in [-0.15, -0.1) is 0 Å². The fourth-order valence-corrected chi connectivity index (χ4v) is 3.54. The van der Waals surface area contributed by atoms with Crippen LogP contribution in [0.4, 0.5) is 5.69 Å². The smallest absolute Gasteiger partial charge is 0.255 e. The molecule has 0 radical (unpaired) electrons. The van der Waals surface area contributed by atoms with E-state index in [2.05, 4.69) is 10.3 Å². The van der Waals surface area contributed by atoms with E-state index in [1.165, 1.54) is 0 Å². The number of hydrogen-bond donors (Lipinski definition) is 2. The number of carbonyl (C=O) groups is 2. The van der Waals surface area contributed by atoms with Crippen LogP contribution >= 0.6 is 0 Å². The van der Waals surface area contributed by atoms with Crippen LogP contribution in [0.2, 0.25) is 0 Å². The van der Waals surface area contributed by atoms with Gasteiger partial charge >= 0.3 is 0 Å². The molecule has 2 heterocycles. The molecule has 2 atom stereocenters. The fourth-order valence-electron chi connectivity index (χ4n) is 3.54. The van der Waals surface area contributed by atoms with Crippen LogP contribution < -0.4 is 5.32 Å². The molecule has 0 aliphatic carbocycles. The number of carbonyl (C=O) groups excluding carboxylic acids is 2. The number of anilines is 1. The zero-order valence-corrected chi connectivity index (χ0v) is 16.8. The number of benzene rings is 2. The van der Waals surface area contributed by atoms with Crippen molar-refractivity contribution in [2.45, 2.75) is 18.7 Å². The molecular formula is C24H23N3O4. The van der Waals surface area contributed by atoms with Crippen molar-refractivity contribution < 1.29 is 19.4 Å². The summed E-state index contributed by atoms with van der Waals surface area (Å²) in [6.07, 6.45) is 0.737. The second-order valence-corrected chi connectivity index (χ2v) is 7.31. The molecule has 7 heteroatoms. The van der Waals surface area contributed by atoms with Crippen LogP contribution in [0.15, 0.2) is 79.0 Å². The van der Waals surface area contributed by atoms with E-state index in [-0.39, 0.29) is 25.0 Å². The van der Waals surface area contributed by atoms with Gasteiger partial charge in [0.2, 0.25) is 5.91 Å². The maximum Gasteiger partial charge on any atom is 0.255 e. The summed E-state index contributed by atoms with van der Waals surface area (Å²) in [4.78, 5) is 30.7. The molecule has 0 saturated carbocycles. The maximum absolute atomic E-state index is 12.5. The third-order valence-electron chi connectivity index (χ3n) is 5.20. The first-order valence-electron chi connectivity index (χ1n) is 10.0. The van der Waals surface area contributed by atoms with E-state index in [0.717, 1.165) is 5.69 Å². The molecule has 31 heavy (non-hydrogen) atoms. The first kappa shape index (κ1) is 20.7. The fraction of sp³-hybridized carbons (Fsp3) is 0.208. The van der Waals surface area contributed by atoms with Crippen LogP contribution in [0.25, 0.3) is 0 Å². The highest BCUT2D eigenvalue weighted by molar-refractivity contribution is 6.04. The molecule has 1 aliphatic heterocycles. The van der Waals surface area contributed by atoms with Gasteiger partial charge in [0.1, 0.15) is 12.7 Å². The van der Waals surface area contributed by atoms with E-state index in [0.29, 0.717) is 23.4 Å². The minimum absolute atomic E-state index is 0.0134. The lowest BCUT2D eigenvalue weighted by Gasteiger charge is -2.38. The molecular weight excluding hydrogens is 394 g/mol. The van der Waals surface area contributed by atoms with Crippen molar-refractivity contribution >= 4 is 17.5 Å². The summed E-state index contributed by atoms with van der Waals surface area (Å²) < 4.78 is 5.40. The second kappa shape index (κ2) is 9.51. The Balaban J connectivity index is 1.46. The van der Waals surface area contributed by atoms with Gasteiger partial charge in [0.15, 0.2) is 0 Å².